The number of carbonyl (C=O) groups is 2. The van der Waals surface area contributed by atoms with E-state index in [1.54, 1.807) is 14.0 Å². The second-order valence-corrected chi connectivity index (χ2v) is 4.28. The van der Waals surface area contributed by atoms with Crippen LogP contribution in [0.25, 0.3) is 0 Å². The van der Waals surface area contributed by atoms with Crippen LogP contribution in [-0.4, -0.2) is 25.4 Å². The van der Waals surface area contributed by atoms with Crippen LogP contribution in [-0.2, 0) is 9.59 Å². The first-order valence-corrected chi connectivity index (χ1v) is 6.42. The van der Waals surface area contributed by atoms with E-state index in [-0.39, 0.29) is 11.8 Å². The highest BCUT2D eigenvalue weighted by Crippen LogP contribution is 2.23. The normalized spacial score (nSPS) is 10.1. The summed E-state index contributed by atoms with van der Waals surface area (Å²) in [5, 5.41) is 8.59. The minimum absolute atomic E-state index is 0.0400. The molecule has 0 aliphatic rings. The zero-order valence-electron chi connectivity index (χ0n) is 11.7. The average Bonchev–Trinajstić information content (AvgIpc) is 2.40. The summed E-state index contributed by atoms with van der Waals surface area (Å²) in [5.41, 5.74) is 2.33. The predicted octanol–water partition coefficient (Wildman–Crippen LogP) is 1.89. The Labute approximate surface area is 113 Å². The lowest BCUT2D eigenvalue weighted by molar-refractivity contribution is -0.116. The first-order valence-electron chi connectivity index (χ1n) is 6.42. The molecule has 1 aromatic rings. The summed E-state index contributed by atoms with van der Waals surface area (Å²) in [6.07, 6.45) is 0.847. The maximum atomic E-state index is 11.7. The van der Waals surface area contributed by atoms with Crippen molar-refractivity contribution < 1.29 is 9.59 Å². The van der Waals surface area contributed by atoms with Gasteiger partial charge in [-0.1, -0.05) is 13.0 Å². The maximum Gasteiger partial charge on any atom is 0.225 e. The van der Waals surface area contributed by atoms with Crippen LogP contribution < -0.4 is 16.0 Å². The van der Waals surface area contributed by atoms with Gasteiger partial charge in [0.15, 0.2) is 0 Å². The summed E-state index contributed by atoms with van der Waals surface area (Å²) in [6.45, 7) is 4.31. The summed E-state index contributed by atoms with van der Waals surface area (Å²) in [6, 6.07) is 5.46. The number of benzene rings is 1. The summed E-state index contributed by atoms with van der Waals surface area (Å²) >= 11 is 0. The Morgan fingerprint density at radius 1 is 1.11 bits per heavy atom. The van der Waals surface area contributed by atoms with Gasteiger partial charge in [0, 0.05) is 30.8 Å². The maximum absolute atomic E-state index is 11.7. The van der Waals surface area contributed by atoms with Crippen LogP contribution in [0.15, 0.2) is 18.2 Å². The third kappa shape index (κ3) is 4.71. The van der Waals surface area contributed by atoms with E-state index >= 15 is 0 Å². The topological polar surface area (TPSA) is 70.2 Å². The van der Waals surface area contributed by atoms with Crippen LogP contribution in [0.4, 0.5) is 11.4 Å². The first kappa shape index (κ1) is 15.2. The van der Waals surface area contributed by atoms with E-state index in [2.05, 4.69) is 16.0 Å². The fourth-order valence-electron chi connectivity index (χ4n) is 1.60. The molecule has 104 valence electrons. The lowest BCUT2D eigenvalue weighted by atomic mass is 10.1. The van der Waals surface area contributed by atoms with Crippen molar-refractivity contribution in [3.05, 3.63) is 23.8 Å². The zero-order chi connectivity index (χ0) is 14.3. The molecule has 0 radical (unpaired) electrons. The molecule has 5 nitrogen and oxygen atoms in total. The predicted molar refractivity (Wildman–Crippen MR) is 77.3 cm³/mol. The van der Waals surface area contributed by atoms with Gasteiger partial charge in [0.25, 0.3) is 0 Å². The molecule has 0 heterocycles. The van der Waals surface area contributed by atoms with Gasteiger partial charge in [-0.15, -0.1) is 0 Å². The molecular weight excluding hydrogens is 242 g/mol. The Morgan fingerprint density at radius 2 is 1.68 bits per heavy atom. The van der Waals surface area contributed by atoms with Crippen molar-refractivity contribution in [3.8, 4) is 0 Å². The number of nitrogens with one attached hydrogen (secondary N) is 3. The molecule has 2 amide bonds. The largest absolute Gasteiger partial charge is 0.326 e. The monoisotopic (exact) mass is 263 g/mol. The van der Waals surface area contributed by atoms with Crippen molar-refractivity contribution in [3.63, 3.8) is 0 Å². The van der Waals surface area contributed by atoms with Gasteiger partial charge in [0.2, 0.25) is 11.8 Å². The molecule has 19 heavy (non-hydrogen) atoms. The fourth-order valence-corrected chi connectivity index (χ4v) is 1.60. The molecule has 0 atom stereocenters. The fraction of sp³-hybridized carbons (Fsp3) is 0.429. The van der Waals surface area contributed by atoms with Crippen LogP contribution in [0.2, 0.25) is 0 Å². The van der Waals surface area contributed by atoms with Crippen LogP contribution in [0, 0.1) is 6.92 Å². The van der Waals surface area contributed by atoms with Crippen molar-refractivity contribution >= 4 is 23.2 Å². The van der Waals surface area contributed by atoms with Crippen molar-refractivity contribution in [1.82, 2.24) is 5.32 Å². The Morgan fingerprint density at radius 3 is 2.21 bits per heavy atom. The molecule has 5 heteroatoms. The number of rotatable bonds is 6. The van der Waals surface area contributed by atoms with E-state index in [9.17, 15) is 9.59 Å². The second-order valence-electron chi connectivity index (χ2n) is 4.28. The standard InChI is InChI=1S/C14H21N3O2/c1-4-13(18)16-11-6-5-7-12(10(11)2)17-14(19)8-9-15-3/h5-7,15H,4,8-9H2,1-3H3,(H,16,18)(H,17,19). The smallest absolute Gasteiger partial charge is 0.225 e. The molecule has 1 aromatic carbocycles. The van der Waals surface area contributed by atoms with E-state index in [4.69, 9.17) is 0 Å². The van der Waals surface area contributed by atoms with Gasteiger partial charge < -0.3 is 16.0 Å². The van der Waals surface area contributed by atoms with E-state index in [1.165, 1.54) is 0 Å². The van der Waals surface area contributed by atoms with Crippen molar-refractivity contribution in [2.75, 3.05) is 24.2 Å². The summed E-state index contributed by atoms with van der Waals surface area (Å²) < 4.78 is 0. The molecule has 0 bridgehead atoms. The number of amides is 2. The number of anilines is 2. The van der Waals surface area contributed by atoms with E-state index in [1.807, 2.05) is 25.1 Å². The molecular formula is C14H21N3O2. The van der Waals surface area contributed by atoms with E-state index in [0.29, 0.717) is 19.4 Å². The van der Waals surface area contributed by atoms with Gasteiger partial charge in [-0.25, -0.2) is 0 Å². The summed E-state index contributed by atoms with van der Waals surface area (Å²) in [7, 11) is 1.80. The van der Waals surface area contributed by atoms with E-state index < -0.39 is 0 Å². The van der Waals surface area contributed by atoms with Crippen LogP contribution in [0.1, 0.15) is 25.3 Å². The Balaban J connectivity index is 2.77. The molecule has 3 N–H and O–H groups in total. The molecule has 0 saturated carbocycles. The third-order valence-corrected chi connectivity index (χ3v) is 2.81. The summed E-state index contributed by atoms with van der Waals surface area (Å²) in [4.78, 5) is 23.1. The van der Waals surface area contributed by atoms with Gasteiger partial charge in [0.1, 0.15) is 0 Å². The first-order chi connectivity index (χ1) is 9.08. The average molecular weight is 263 g/mol. The van der Waals surface area contributed by atoms with Gasteiger partial charge in [-0.05, 0) is 31.7 Å². The highest BCUT2D eigenvalue weighted by molar-refractivity contribution is 5.95. The Bertz CT molecular complexity index is 458. The quantitative estimate of drug-likeness (QED) is 0.734. The molecule has 0 saturated heterocycles. The second kappa shape index (κ2) is 7.53. The minimum Gasteiger partial charge on any atom is -0.326 e. The molecule has 0 fully saturated rings. The van der Waals surface area contributed by atoms with E-state index in [0.717, 1.165) is 16.9 Å². The number of hydrogen-bond acceptors (Lipinski definition) is 3. The highest BCUT2D eigenvalue weighted by atomic mass is 16.2. The SMILES string of the molecule is CCC(=O)Nc1cccc(NC(=O)CCNC)c1C. The van der Waals surface area contributed by atoms with Gasteiger partial charge >= 0.3 is 0 Å². The van der Waals surface area contributed by atoms with Crippen molar-refractivity contribution in [2.24, 2.45) is 0 Å². The highest BCUT2D eigenvalue weighted by Gasteiger charge is 2.08. The lowest BCUT2D eigenvalue weighted by Crippen LogP contribution is -2.19. The number of hydrogen-bond donors (Lipinski definition) is 3. The Hall–Kier alpha value is -1.88. The number of carbonyl (C=O) groups excluding carboxylic acids is 2. The molecule has 1 rings (SSSR count). The molecule has 0 aromatic heterocycles. The van der Waals surface area contributed by atoms with Crippen LogP contribution in [0.3, 0.4) is 0 Å². The lowest BCUT2D eigenvalue weighted by Gasteiger charge is -2.13. The third-order valence-electron chi connectivity index (χ3n) is 2.81. The van der Waals surface area contributed by atoms with Crippen molar-refractivity contribution in [1.29, 1.82) is 0 Å². The van der Waals surface area contributed by atoms with Crippen molar-refractivity contribution in [2.45, 2.75) is 26.7 Å². The Kier molecular flexibility index (Phi) is 6.02. The molecule has 0 spiro atoms. The minimum atomic E-state index is -0.0450. The molecule has 0 unspecified atom stereocenters. The van der Waals surface area contributed by atoms with Gasteiger partial charge in [-0.3, -0.25) is 9.59 Å². The molecule has 0 aliphatic heterocycles. The van der Waals surface area contributed by atoms with Gasteiger partial charge in [0.05, 0.1) is 0 Å². The van der Waals surface area contributed by atoms with Crippen LogP contribution >= 0.6 is 0 Å². The van der Waals surface area contributed by atoms with Crippen LogP contribution in [0.5, 0.6) is 0 Å². The summed E-state index contributed by atoms with van der Waals surface area (Å²) in [5.74, 6) is -0.0850. The zero-order valence-corrected chi connectivity index (χ0v) is 11.7. The molecule has 0 aliphatic carbocycles. The van der Waals surface area contributed by atoms with Gasteiger partial charge in [-0.2, -0.15) is 0 Å².